The summed E-state index contributed by atoms with van der Waals surface area (Å²) in [6.07, 6.45) is 2.38. The van der Waals surface area contributed by atoms with Gasteiger partial charge in [-0.15, -0.1) is 0 Å². The number of morpholine rings is 1. The molecular weight excluding hydrogens is 474 g/mol. The lowest BCUT2D eigenvalue weighted by molar-refractivity contribution is -0.0922. The van der Waals surface area contributed by atoms with E-state index in [0.29, 0.717) is 32.2 Å². The second kappa shape index (κ2) is 10.0. The van der Waals surface area contributed by atoms with Crippen molar-refractivity contribution in [2.45, 2.75) is 67.4 Å². The van der Waals surface area contributed by atoms with Gasteiger partial charge in [-0.1, -0.05) is 48.5 Å². The molecule has 37 heavy (non-hydrogen) atoms. The molecule has 10 heteroatoms. The molecule has 2 fully saturated rings. The van der Waals surface area contributed by atoms with Gasteiger partial charge in [0, 0.05) is 24.9 Å². The summed E-state index contributed by atoms with van der Waals surface area (Å²) in [5.41, 5.74) is -0.0284. The first-order valence-corrected chi connectivity index (χ1v) is 13.0. The molecule has 3 heterocycles. The minimum Gasteiger partial charge on any atom is -0.459 e. The molecule has 1 saturated heterocycles. The molecule has 4 rings (SSSR count). The lowest BCUT2D eigenvalue weighted by atomic mass is 9.59. The smallest absolute Gasteiger partial charge is 0.415 e. The maximum atomic E-state index is 13.8. The third kappa shape index (κ3) is 5.33. The van der Waals surface area contributed by atoms with Gasteiger partial charge >= 0.3 is 12.1 Å². The third-order valence-electron chi connectivity index (χ3n) is 7.79. The van der Waals surface area contributed by atoms with E-state index in [1.54, 1.807) is 0 Å². The minimum absolute atomic E-state index is 0.0139. The number of esters is 1. The Kier molecular flexibility index (Phi) is 7.30. The van der Waals surface area contributed by atoms with Crippen molar-refractivity contribution in [1.82, 2.24) is 19.5 Å². The molecule has 0 spiro atoms. The van der Waals surface area contributed by atoms with Crippen LogP contribution in [-0.4, -0.2) is 64.0 Å². The molecule has 0 radical (unpaired) electrons. The average Bonchev–Trinajstić information content (AvgIpc) is 3.40. The minimum atomic E-state index is -0.618. The van der Waals surface area contributed by atoms with Crippen LogP contribution in [0.5, 0.6) is 5.88 Å². The Labute approximate surface area is 218 Å². The number of aromatic nitrogens is 3. The second-order valence-corrected chi connectivity index (χ2v) is 12.5. The Morgan fingerprint density at radius 1 is 1.11 bits per heavy atom. The van der Waals surface area contributed by atoms with Crippen molar-refractivity contribution >= 4 is 23.4 Å². The molecule has 2 aromatic rings. The molecule has 1 saturated carbocycles. The molecule has 2 atom stereocenters. The van der Waals surface area contributed by atoms with Crippen LogP contribution in [0.15, 0.2) is 6.33 Å². The van der Waals surface area contributed by atoms with Gasteiger partial charge in [-0.3, -0.25) is 5.10 Å². The lowest BCUT2D eigenvalue weighted by Crippen LogP contribution is -2.49. The van der Waals surface area contributed by atoms with Crippen LogP contribution >= 0.6 is 0 Å². The number of aromatic amines is 1. The molecule has 0 bridgehead atoms. The highest BCUT2D eigenvalue weighted by molar-refractivity contribution is 6.05. The average molecular weight is 514 g/mol. The van der Waals surface area contributed by atoms with Crippen LogP contribution in [0.4, 0.5) is 10.5 Å². The molecule has 0 aromatic carbocycles. The summed E-state index contributed by atoms with van der Waals surface area (Å²) in [5, 5.41) is 2.86. The van der Waals surface area contributed by atoms with Crippen LogP contribution in [0.1, 0.15) is 71.7 Å². The first-order chi connectivity index (χ1) is 17.3. The quantitative estimate of drug-likeness (QED) is 0.440. The number of ether oxygens (including phenoxy) is 3. The highest BCUT2D eigenvalue weighted by atomic mass is 16.6. The number of nitrogens with zero attached hydrogens (tertiary/aromatic N) is 4. The monoisotopic (exact) mass is 513 g/mol. The maximum Gasteiger partial charge on any atom is 0.415 e. The van der Waals surface area contributed by atoms with Crippen molar-refractivity contribution in [3.8, 4) is 5.88 Å². The summed E-state index contributed by atoms with van der Waals surface area (Å²) in [6.45, 7) is 24.9. The first-order valence-electron chi connectivity index (χ1n) is 13.0. The van der Waals surface area contributed by atoms with Crippen LogP contribution < -0.4 is 4.74 Å². The van der Waals surface area contributed by atoms with Gasteiger partial charge in [0.25, 0.3) is 5.69 Å². The molecular formula is C27H39N5O5. The van der Waals surface area contributed by atoms with Crippen LogP contribution in [0.2, 0.25) is 0 Å². The summed E-state index contributed by atoms with van der Waals surface area (Å²) in [7, 11) is 0. The summed E-state index contributed by atoms with van der Waals surface area (Å²) < 4.78 is 18.6. The molecule has 1 N–H and O–H groups in total. The molecule has 2 unspecified atom stereocenters. The van der Waals surface area contributed by atoms with Gasteiger partial charge in [-0.2, -0.15) is 0 Å². The standard InChI is InChI=1S/C27H39N5O5/c1-16-13-17(26(2,3)4)21(18(14-16)27(5,6)7)36-24(33)19-20(28-8)23(32-22(19)29-15-30-32)37-25(34)31-9-11-35-12-10-31/h15-18,21H,9-14H2,1-7H3,(H,29,30). The number of rotatable bonds is 3. The number of fused-ring (bicyclic) bond motifs is 1. The number of carbonyl (C=O) groups excluding carboxylic acids is 2. The summed E-state index contributed by atoms with van der Waals surface area (Å²) in [6, 6.07) is 0. The van der Waals surface area contributed by atoms with Crippen LogP contribution in [0.3, 0.4) is 0 Å². The number of amides is 1. The van der Waals surface area contributed by atoms with E-state index >= 15 is 0 Å². The molecule has 1 aliphatic heterocycles. The fraction of sp³-hybridized carbons (Fsp3) is 0.704. The largest absolute Gasteiger partial charge is 0.459 e. The summed E-state index contributed by atoms with van der Waals surface area (Å²) >= 11 is 0. The van der Waals surface area contributed by atoms with Gasteiger partial charge in [0.2, 0.25) is 5.88 Å². The molecule has 1 amide bonds. The zero-order chi connectivity index (χ0) is 27.1. The zero-order valence-electron chi connectivity index (χ0n) is 23.0. The van der Waals surface area contributed by atoms with E-state index in [0.717, 1.165) is 12.8 Å². The van der Waals surface area contributed by atoms with Crippen LogP contribution in [-0.2, 0) is 9.47 Å². The Morgan fingerprint density at radius 3 is 2.24 bits per heavy atom. The van der Waals surface area contributed by atoms with Crippen molar-refractivity contribution < 1.29 is 23.8 Å². The van der Waals surface area contributed by atoms with E-state index in [4.69, 9.17) is 20.8 Å². The number of H-pyrrole nitrogens is 1. The first kappa shape index (κ1) is 27.0. The Morgan fingerprint density at radius 2 is 1.70 bits per heavy atom. The van der Waals surface area contributed by atoms with E-state index in [1.165, 1.54) is 15.7 Å². The van der Waals surface area contributed by atoms with E-state index in [9.17, 15) is 9.59 Å². The third-order valence-corrected chi connectivity index (χ3v) is 7.79. The second-order valence-electron chi connectivity index (χ2n) is 12.5. The van der Waals surface area contributed by atoms with Gasteiger partial charge in [0.15, 0.2) is 5.65 Å². The topological polar surface area (TPSA) is 103 Å². The normalized spacial score (nSPS) is 25.1. The van der Waals surface area contributed by atoms with E-state index in [1.807, 2.05) is 0 Å². The fourth-order valence-electron chi connectivity index (χ4n) is 5.75. The predicted molar refractivity (Wildman–Crippen MR) is 138 cm³/mol. The van der Waals surface area contributed by atoms with Crippen molar-refractivity contribution in [2.75, 3.05) is 26.3 Å². The molecule has 202 valence electrons. The number of nitrogens with one attached hydrogen (secondary N) is 1. The van der Waals surface area contributed by atoms with Gasteiger partial charge in [-0.05, 0) is 29.6 Å². The Balaban J connectivity index is 1.70. The Bertz CT molecular complexity index is 1160. The van der Waals surface area contributed by atoms with Crippen molar-refractivity contribution in [3.63, 3.8) is 0 Å². The van der Waals surface area contributed by atoms with Gasteiger partial charge in [-0.25, -0.2) is 23.9 Å². The Hall–Kier alpha value is -3.06. The molecule has 1 aliphatic carbocycles. The maximum absolute atomic E-state index is 13.8. The number of carbonyl (C=O) groups is 2. The summed E-state index contributed by atoms with van der Waals surface area (Å²) in [5.74, 6) is 0.129. The van der Waals surface area contributed by atoms with Gasteiger partial charge < -0.3 is 19.1 Å². The van der Waals surface area contributed by atoms with Crippen LogP contribution in [0.25, 0.3) is 10.5 Å². The van der Waals surface area contributed by atoms with E-state index in [-0.39, 0.29) is 51.5 Å². The zero-order valence-corrected chi connectivity index (χ0v) is 23.0. The number of hydrogen-bond acceptors (Lipinski definition) is 6. The number of hydrogen-bond donors (Lipinski definition) is 1. The van der Waals surface area contributed by atoms with Crippen molar-refractivity contribution in [1.29, 1.82) is 0 Å². The molecule has 2 aromatic heterocycles. The molecule has 10 nitrogen and oxygen atoms in total. The lowest BCUT2D eigenvalue weighted by Gasteiger charge is -2.50. The predicted octanol–water partition coefficient (Wildman–Crippen LogP) is 5.32. The van der Waals surface area contributed by atoms with Crippen molar-refractivity contribution in [2.24, 2.45) is 28.6 Å². The van der Waals surface area contributed by atoms with Crippen LogP contribution in [0, 0.1) is 35.2 Å². The fourth-order valence-corrected chi connectivity index (χ4v) is 5.75. The SMILES string of the molecule is [C-]#[N+]c1c(C(=O)OC2C(C(C)(C)C)CC(C)CC2C(C)(C)C)c2nc[nH]n2c1OC(=O)N1CCOCC1. The van der Waals surface area contributed by atoms with Gasteiger partial charge in [0.05, 0.1) is 19.8 Å². The highest BCUT2D eigenvalue weighted by Crippen LogP contribution is 2.50. The van der Waals surface area contributed by atoms with E-state index < -0.39 is 12.1 Å². The van der Waals surface area contributed by atoms with E-state index in [2.05, 4.69) is 63.4 Å². The summed E-state index contributed by atoms with van der Waals surface area (Å²) in [4.78, 5) is 36.0. The highest BCUT2D eigenvalue weighted by Gasteiger charge is 2.48. The van der Waals surface area contributed by atoms with Gasteiger partial charge in [0.1, 0.15) is 18.0 Å². The molecule has 2 aliphatic rings. The van der Waals surface area contributed by atoms with Crippen molar-refractivity contribution in [3.05, 3.63) is 23.3 Å².